The van der Waals surface area contributed by atoms with Gasteiger partial charge in [0.15, 0.2) is 0 Å². The van der Waals surface area contributed by atoms with E-state index in [-0.39, 0.29) is 21.5 Å². The highest BCUT2D eigenvalue weighted by molar-refractivity contribution is 7.99. The Bertz CT molecular complexity index is 938. The van der Waals surface area contributed by atoms with E-state index in [0.717, 1.165) is 37.1 Å². The summed E-state index contributed by atoms with van der Waals surface area (Å²) in [7, 11) is -3.74. The molecule has 1 fully saturated rings. The van der Waals surface area contributed by atoms with Crippen molar-refractivity contribution in [2.75, 3.05) is 13.1 Å². The first-order chi connectivity index (χ1) is 12.8. The number of nitro benzene ring substituents is 1. The molecule has 0 bridgehead atoms. The van der Waals surface area contributed by atoms with Crippen LogP contribution in [0.3, 0.4) is 0 Å². The third kappa shape index (κ3) is 4.12. The van der Waals surface area contributed by atoms with E-state index in [1.54, 1.807) is 4.68 Å². The molecule has 0 saturated carbocycles. The Morgan fingerprint density at radius 2 is 1.93 bits per heavy atom. The highest BCUT2D eigenvalue weighted by atomic mass is 32.2. The fourth-order valence-corrected chi connectivity index (χ4v) is 5.34. The van der Waals surface area contributed by atoms with E-state index in [4.69, 9.17) is 0 Å². The van der Waals surface area contributed by atoms with Gasteiger partial charge >= 0.3 is 0 Å². The molecule has 0 spiro atoms. The van der Waals surface area contributed by atoms with Gasteiger partial charge < -0.3 is 0 Å². The van der Waals surface area contributed by atoms with Crippen LogP contribution in [0.1, 0.15) is 39.2 Å². The van der Waals surface area contributed by atoms with Crippen LogP contribution in [0.15, 0.2) is 33.1 Å². The SMILES string of the molecule is CC(C)n1nnnc1Sc1ccc(S(=O)(=O)N2CCCCC2)cc1[N+](=O)[O-]. The molecule has 27 heavy (non-hydrogen) atoms. The number of sulfonamides is 1. The van der Waals surface area contributed by atoms with E-state index in [1.807, 2.05) is 13.8 Å². The van der Waals surface area contributed by atoms with Crippen molar-refractivity contribution in [3.63, 3.8) is 0 Å². The van der Waals surface area contributed by atoms with E-state index >= 15 is 0 Å². The van der Waals surface area contributed by atoms with Gasteiger partial charge in [-0.05, 0) is 61.0 Å². The molecule has 0 radical (unpaired) electrons. The van der Waals surface area contributed by atoms with E-state index in [0.29, 0.717) is 18.2 Å². The van der Waals surface area contributed by atoms with Crippen molar-refractivity contribution < 1.29 is 13.3 Å². The summed E-state index contributed by atoms with van der Waals surface area (Å²) in [4.78, 5) is 11.2. The topological polar surface area (TPSA) is 124 Å². The first-order valence-electron chi connectivity index (χ1n) is 8.55. The Morgan fingerprint density at radius 1 is 1.22 bits per heavy atom. The second-order valence-corrected chi connectivity index (χ2v) is 9.40. The van der Waals surface area contributed by atoms with Crippen LogP contribution in [-0.2, 0) is 10.0 Å². The molecule has 146 valence electrons. The average Bonchev–Trinajstić information content (AvgIpc) is 3.11. The molecule has 2 aromatic rings. The second kappa shape index (κ2) is 7.90. The number of hydrogen-bond acceptors (Lipinski definition) is 8. The summed E-state index contributed by atoms with van der Waals surface area (Å²) in [5.74, 6) is 0. The van der Waals surface area contributed by atoms with Gasteiger partial charge in [-0.15, -0.1) is 5.10 Å². The minimum atomic E-state index is -3.74. The highest BCUT2D eigenvalue weighted by Gasteiger charge is 2.29. The first-order valence-corrected chi connectivity index (χ1v) is 10.8. The van der Waals surface area contributed by atoms with Crippen LogP contribution in [0.4, 0.5) is 5.69 Å². The van der Waals surface area contributed by atoms with Crippen LogP contribution < -0.4 is 0 Å². The monoisotopic (exact) mass is 412 g/mol. The fraction of sp³-hybridized carbons (Fsp3) is 0.533. The zero-order valence-corrected chi connectivity index (χ0v) is 16.6. The normalized spacial score (nSPS) is 16.0. The van der Waals surface area contributed by atoms with Gasteiger partial charge in [0.25, 0.3) is 5.69 Å². The molecule has 1 aromatic carbocycles. The molecule has 1 aliphatic rings. The molecule has 1 saturated heterocycles. The molecule has 0 atom stereocenters. The molecular formula is C15H20N6O4S2. The van der Waals surface area contributed by atoms with Crippen molar-refractivity contribution in [3.8, 4) is 0 Å². The van der Waals surface area contributed by atoms with Crippen LogP contribution in [-0.4, -0.2) is 50.9 Å². The Labute approximate surface area is 161 Å². The molecule has 3 rings (SSSR count). The summed E-state index contributed by atoms with van der Waals surface area (Å²) in [6, 6.07) is 3.96. The minimum Gasteiger partial charge on any atom is -0.258 e. The molecule has 0 N–H and O–H groups in total. The van der Waals surface area contributed by atoms with Crippen LogP contribution in [0.25, 0.3) is 0 Å². The summed E-state index contributed by atoms with van der Waals surface area (Å²) < 4.78 is 28.5. The van der Waals surface area contributed by atoms with Crippen LogP contribution in [0, 0.1) is 10.1 Å². The predicted octanol–water partition coefficient (Wildman–Crippen LogP) is 2.49. The van der Waals surface area contributed by atoms with Gasteiger partial charge in [-0.1, -0.05) is 6.42 Å². The number of benzene rings is 1. The lowest BCUT2D eigenvalue weighted by Gasteiger charge is -2.25. The number of aromatic nitrogens is 4. The lowest BCUT2D eigenvalue weighted by Crippen LogP contribution is -2.35. The quantitative estimate of drug-likeness (QED) is 0.523. The maximum Gasteiger partial charge on any atom is 0.284 e. The summed E-state index contributed by atoms with van der Waals surface area (Å²) in [5.41, 5.74) is -0.281. The summed E-state index contributed by atoms with van der Waals surface area (Å²) in [5, 5.41) is 23.3. The van der Waals surface area contributed by atoms with Gasteiger partial charge in [0.1, 0.15) is 0 Å². The number of rotatable bonds is 6. The van der Waals surface area contributed by atoms with Gasteiger partial charge in [0.2, 0.25) is 15.2 Å². The van der Waals surface area contributed by atoms with Crippen LogP contribution in [0.5, 0.6) is 0 Å². The van der Waals surface area contributed by atoms with E-state index in [1.165, 1.54) is 16.4 Å². The highest BCUT2D eigenvalue weighted by Crippen LogP contribution is 2.36. The summed E-state index contributed by atoms with van der Waals surface area (Å²) in [6.07, 6.45) is 2.59. The molecule has 0 aliphatic carbocycles. The van der Waals surface area contributed by atoms with E-state index < -0.39 is 14.9 Å². The Balaban J connectivity index is 1.95. The van der Waals surface area contributed by atoms with E-state index in [2.05, 4.69) is 15.5 Å². The zero-order valence-electron chi connectivity index (χ0n) is 15.0. The van der Waals surface area contributed by atoms with Crippen molar-refractivity contribution in [2.45, 2.75) is 54.1 Å². The lowest BCUT2D eigenvalue weighted by atomic mass is 10.2. The molecule has 12 heteroatoms. The van der Waals surface area contributed by atoms with Crippen LogP contribution in [0.2, 0.25) is 0 Å². The van der Waals surface area contributed by atoms with Crippen molar-refractivity contribution in [1.82, 2.24) is 24.5 Å². The van der Waals surface area contributed by atoms with Crippen LogP contribution >= 0.6 is 11.8 Å². The molecule has 1 aliphatic heterocycles. The lowest BCUT2D eigenvalue weighted by molar-refractivity contribution is -0.388. The largest absolute Gasteiger partial charge is 0.284 e. The smallest absolute Gasteiger partial charge is 0.258 e. The molecule has 1 aromatic heterocycles. The fourth-order valence-electron chi connectivity index (χ4n) is 2.82. The molecule has 0 unspecified atom stereocenters. The van der Waals surface area contributed by atoms with Crippen molar-refractivity contribution in [3.05, 3.63) is 28.3 Å². The number of nitrogens with zero attached hydrogens (tertiary/aromatic N) is 6. The zero-order chi connectivity index (χ0) is 19.6. The molecule has 2 heterocycles. The third-order valence-electron chi connectivity index (χ3n) is 4.23. The second-order valence-electron chi connectivity index (χ2n) is 6.45. The molecule has 10 nitrogen and oxygen atoms in total. The minimum absolute atomic E-state index is 0.0136. The maximum absolute atomic E-state index is 12.8. The van der Waals surface area contributed by atoms with Gasteiger partial charge in [-0.2, -0.15) is 4.31 Å². The van der Waals surface area contributed by atoms with Gasteiger partial charge in [0, 0.05) is 19.2 Å². The third-order valence-corrected chi connectivity index (χ3v) is 7.14. The Kier molecular flexibility index (Phi) is 5.77. The van der Waals surface area contributed by atoms with E-state index in [9.17, 15) is 18.5 Å². The van der Waals surface area contributed by atoms with Crippen molar-refractivity contribution in [2.24, 2.45) is 0 Å². The van der Waals surface area contributed by atoms with Gasteiger partial charge in [-0.25, -0.2) is 13.1 Å². The summed E-state index contributed by atoms with van der Waals surface area (Å²) >= 11 is 1.04. The maximum atomic E-state index is 12.8. The molecule has 0 amide bonds. The number of nitro groups is 1. The standard InChI is InChI=1S/C15H20N6O4S2/c1-11(2)20-15(16-17-18-20)26-14-7-6-12(10-13(14)21(22)23)27(24,25)19-8-4-3-5-9-19/h6-7,10-11H,3-5,8-9H2,1-2H3. The van der Waals surface area contributed by atoms with Gasteiger partial charge in [0.05, 0.1) is 20.8 Å². The predicted molar refractivity (Wildman–Crippen MR) is 98.0 cm³/mol. The van der Waals surface area contributed by atoms with Crippen molar-refractivity contribution in [1.29, 1.82) is 0 Å². The number of tetrazole rings is 1. The first kappa shape index (κ1) is 19.7. The number of piperidine rings is 1. The van der Waals surface area contributed by atoms with Gasteiger partial charge in [-0.3, -0.25) is 10.1 Å². The average molecular weight is 412 g/mol. The number of hydrogen-bond donors (Lipinski definition) is 0. The molecular weight excluding hydrogens is 392 g/mol. The Morgan fingerprint density at radius 3 is 2.56 bits per heavy atom. The Hall–Kier alpha value is -2.05. The van der Waals surface area contributed by atoms with Crippen molar-refractivity contribution >= 4 is 27.5 Å². The summed E-state index contributed by atoms with van der Waals surface area (Å²) in [6.45, 7) is 4.66.